The third-order valence-corrected chi connectivity index (χ3v) is 2.53. The Morgan fingerprint density at radius 2 is 1.74 bits per heavy atom. The minimum Gasteiger partial charge on any atom is -0.492 e. The van der Waals surface area contributed by atoms with Crippen molar-refractivity contribution in [2.75, 3.05) is 18.5 Å². The van der Waals surface area contributed by atoms with Gasteiger partial charge in [-0.1, -0.05) is 18.2 Å². The third-order valence-electron chi connectivity index (χ3n) is 2.53. The van der Waals surface area contributed by atoms with Crippen LogP contribution in [0.4, 0.5) is 5.69 Å². The highest BCUT2D eigenvalue weighted by Gasteiger charge is 2.04. The van der Waals surface area contributed by atoms with Crippen molar-refractivity contribution in [2.24, 2.45) is 5.73 Å². The lowest BCUT2D eigenvalue weighted by Crippen LogP contribution is -2.12. The first kappa shape index (κ1) is 13.1. The van der Waals surface area contributed by atoms with Crippen LogP contribution in [0.15, 0.2) is 54.6 Å². The van der Waals surface area contributed by atoms with Crippen LogP contribution in [0.2, 0.25) is 0 Å². The van der Waals surface area contributed by atoms with Crippen LogP contribution in [0.3, 0.4) is 0 Å². The Labute approximate surface area is 112 Å². The number of ether oxygens (including phenoxy) is 1. The zero-order valence-electron chi connectivity index (χ0n) is 10.5. The summed E-state index contributed by atoms with van der Waals surface area (Å²) in [4.78, 5) is 11.9. The van der Waals surface area contributed by atoms with E-state index in [2.05, 4.69) is 5.32 Å². The van der Waals surface area contributed by atoms with Crippen LogP contribution in [0.25, 0.3) is 0 Å². The van der Waals surface area contributed by atoms with Crippen molar-refractivity contribution in [1.82, 2.24) is 0 Å². The Kier molecular flexibility index (Phi) is 4.53. The first-order valence-electron chi connectivity index (χ1n) is 6.09. The maximum absolute atomic E-state index is 11.9. The molecule has 19 heavy (non-hydrogen) atoms. The largest absolute Gasteiger partial charge is 0.492 e. The molecule has 98 valence electrons. The predicted octanol–water partition coefficient (Wildman–Crippen LogP) is 2.28. The normalized spacial score (nSPS) is 9.95. The lowest BCUT2D eigenvalue weighted by atomic mass is 10.2. The Morgan fingerprint density at radius 1 is 1.05 bits per heavy atom. The molecule has 0 spiro atoms. The number of rotatable bonds is 5. The third kappa shape index (κ3) is 3.82. The van der Waals surface area contributed by atoms with Crippen molar-refractivity contribution in [3.05, 3.63) is 60.2 Å². The van der Waals surface area contributed by atoms with E-state index in [0.717, 1.165) is 11.4 Å². The van der Waals surface area contributed by atoms with Crippen LogP contribution in [0.5, 0.6) is 5.75 Å². The molecule has 0 fully saturated rings. The second-order valence-electron chi connectivity index (χ2n) is 3.98. The molecule has 3 N–H and O–H groups in total. The van der Waals surface area contributed by atoms with E-state index in [1.165, 1.54) is 0 Å². The molecule has 0 radical (unpaired) electrons. The summed E-state index contributed by atoms with van der Waals surface area (Å²) in [5, 5.41) is 2.82. The molecule has 0 saturated carbocycles. The van der Waals surface area contributed by atoms with Gasteiger partial charge in [-0.05, 0) is 36.4 Å². The standard InChI is InChI=1S/C15H16N2O2/c16-10-11-19-14-8-6-13(7-9-14)17-15(18)12-4-2-1-3-5-12/h1-9H,10-11,16H2,(H,17,18). The molecule has 2 aromatic rings. The molecule has 0 unspecified atom stereocenters. The van der Waals surface area contributed by atoms with Crippen LogP contribution >= 0.6 is 0 Å². The van der Waals surface area contributed by atoms with Crippen molar-refractivity contribution in [1.29, 1.82) is 0 Å². The number of carbonyl (C=O) groups excluding carboxylic acids is 1. The first-order chi connectivity index (χ1) is 9.29. The average Bonchev–Trinajstić information content (AvgIpc) is 2.47. The predicted molar refractivity (Wildman–Crippen MR) is 75.4 cm³/mol. The molecule has 0 aliphatic heterocycles. The molecule has 0 aliphatic carbocycles. The number of hydrogen-bond acceptors (Lipinski definition) is 3. The first-order valence-corrected chi connectivity index (χ1v) is 6.09. The van der Waals surface area contributed by atoms with Crippen molar-refractivity contribution < 1.29 is 9.53 Å². The number of hydrogen-bond donors (Lipinski definition) is 2. The van der Waals surface area contributed by atoms with Crippen molar-refractivity contribution >= 4 is 11.6 Å². The molecule has 4 nitrogen and oxygen atoms in total. The van der Waals surface area contributed by atoms with Crippen LogP contribution in [-0.4, -0.2) is 19.1 Å². The van der Waals surface area contributed by atoms with E-state index < -0.39 is 0 Å². The van der Waals surface area contributed by atoms with Gasteiger partial charge in [-0.15, -0.1) is 0 Å². The van der Waals surface area contributed by atoms with Crippen molar-refractivity contribution in [3.63, 3.8) is 0 Å². The molecule has 2 rings (SSSR count). The summed E-state index contributed by atoms with van der Waals surface area (Å²) in [7, 11) is 0. The van der Waals surface area contributed by atoms with Gasteiger partial charge in [0.2, 0.25) is 0 Å². The molecular weight excluding hydrogens is 240 g/mol. The van der Waals surface area contributed by atoms with Gasteiger partial charge >= 0.3 is 0 Å². The van der Waals surface area contributed by atoms with Gasteiger partial charge in [-0.2, -0.15) is 0 Å². The number of nitrogens with two attached hydrogens (primary N) is 1. The highest BCUT2D eigenvalue weighted by Crippen LogP contribution is 2.16. The molecule has 0 aromatic heterocycles. The molecule has 4 heteroatoms. The second-order valence-corrected chi connectivity index (χ2v) is 3.98. The Balaban J connectivity index is 1.98. The minimum absolute atomic E-state index is 0.128. The van der Waals surface area contributed by atoms with Gasteiger partial charge in [-0.3, -0.25) is 4.79 Å². The smallest absolute Gasteiger partial charge is 0.255 e. The van der Waals surface area contributed by atoms with E-state index >= 15 is 0 Å². The van der Waals surface area contributed by atoms with E-state index in [1.54, 1.807) is 36.4 Å². The number of benzene rings is 2. The quantitative estimate of drug-likeness (QED) is 0.862. The summed E-state index contributed by atoms with van der Waals surface area (Å²) in [6.45, 7) is 0.961. The van der Waals surface area contributed by atoms with Gasteiger partial charge < -0.3 is 15.8 Å². The highest BCUT2D eigenvalue weighted by molar-refractivity contribution is 6.04. The summed E-state index contributed by atoms with van der Waals surface area (Å²) in [6.07, 6.45) is 0. The maximum atomic E-state index is 11.9. The summed E-state index contributed by atoms with van der Waals surface area (Å²) in [5.74, 6) is 0.611. The van der Waals surface area contributed by atoms with Crippen molar-refractivity contribution in [3.8, 4) is 5.75 Å². The zero-order chi connectivity index (χ0) is 13.5. The van der Waals surface area contributed by atoms with Gasteiger partial charge in [0, 0.05) is 17.8 Å². The van der Waals surface area contributed by atoms with Gasteiger partial charge in [0.15, 0.2) is 0 Å². The zero-order valence-corrected chi connectivity index (χ0v) is 10.5. The lowest BCUT2D eigenvalue weighted by Gasteiger charge is -2.07. The van der Waals surface area contributed by atoms with Crippen LogP contribution in [0.1, 0.15) is 10.4 Å². The fourth-order valence-corrected chi connectivity index (χ4v) is 1.60. The number of nitrogens with one attached hydrogen (secondary N) is 1. The lowest BCUT2D eigenvalue weighted by molar-refractivity contribution is 0.102. The van der Waals surface area contributed by atoms with Gasteiger partial charge in [0.05, 0.1) is 0 Å². The monoisotopic (exact) mass is 256 g/mol. The molecule has 0 bridgehead atoms. The molecule has 1 amide bonds. The molecule has 2 aromatic carbocycles. The summed E-state index contributed by atoms with van der Waals surface area (Å²) in [6, 6.07) is 16.3. The van der Waals surface area contributed by atoms with E-state index in [-0.39, 0.29) is 5.91 Å². The number of anilines is 1. The van der Waals surface area contributed by atoms with E-state index in [4.69, 9.17) is 10.5 Å². The van der Waals surface area contributed by atoms with Gasteiger partial charge in [-0.25, -0.2) is 0 Å². The van der Waals surface area contributed by atoms with E-state index in [0.29, 0.717) is 18.7 Å². The van der Waals surface area contributed by atoms with Crippen LogP contribution < -0.4 is 15.8 Å². The maximum Gasteiger partial charge on any atom is 0.255 e. The molecule has 0 atom stereocenters. The van der Waals surface area contributed by atoms with Crippen LogP contribution in [0, 0.1) is 0 Å². The van der Waals surface area contributed by atoms with Gasteiger partial charge in [0.25, 0.3) is 5.91 Å². The topological polar surface area (TPSA) is 64.3 Å². The van der Waals surface area contributed by atoms with Crippen LogP contribution in [-0.2, 0) is 0 Å². The number of carbonyl (C=O) groups is 1. The summed E-state index contributed by atoms with van der Waals surface area (Å²) < 4.78 is 5.36. The second kappa shape index (κ2) is 6.56. The highest BCUT2D eigenvalue weighted by atomic mass is 16.5. The molecule has 0 aliphatic rings. The molecule has 0 heterocycles. The number of amides is 1. The average molecular weight is 256 g/mol. The van der Waals surface area contributed by atoms with Gasteiger partial charge in [0.1, 0.15) is 12.4 Å². The Bertz CT molecular complexity index is 524. The Hall–Kier alpha value is -2.33. The van der Waals surface area contributed by atoms with E-state index in [1.807, 2.05) is 18.2 Å². The van der Waals surface area contributed by atoms with Crippen molar-refractivity contribution in [2.45, 2.75) is 0 Å². The molecule has 0 saturated heterocycles. The fraction of sp³-hybridized carbons (Fsp3) is 0.133. The SMILES string of the molecule is NCCOc1ccc(NC(=O)c2ccccc2)cc1. The Morgan fingerprint density at radius 3 is 2.37 bits per heavy atom. The van der Waals surface area contributed by atoms with E-state index in [9.17, 15) is 4.79 Å². The fourth-order valence-electron chi connectivity index (χ4n) is 1.60. The molecular formula is C15H16N2O2. The summed E-state index contributed by atoms with van der Waals surface area (Å²) >= 11 is 0. The summed E-state index contributed by atoms with van der Waals surface area (Å²) in [5.41, 5.74) is 6.72. The minimum atomic E-state index is -0.128.